The van der Waals surface area contributed by atoms with E-state index in [1.165, 1.54) is 37.1 Å². The number of nitrogens with zero attached hydrogens (tertiary/aromatic N) is 1. The van der Waals surface area contributed by atoms with Crippen molar-refractivity contribution in [1.29, 1.82) is 0 Å². The van der Waals surface area contributed by atoms with Crippen LogP contribution in [0.15, 0.2) is 53.8 Å². The molecule has 0 saturated carbocycles. The SMILES string of the molecule is COc1ccc(CCN2C(=O)C(O)=C(C(C)=O)[C@H]2c2cccc(F)c2)cc1OC. The van der Waals surface area contributed by atoms with E-state index in [9.17, 15) is 19.1 Å². The first-order valence-corrected chi connectivity index (χ1v) is 9.08. The van der Waals surface area contributed by atoms with E-state index < -0.39 is 29.3 Å². The maximum atomic E-state index is 13.8. The molecule has 29 heavy (non-hydrogen) atoms. The molecule has 0 spiro atoms. The summed E-state index contributed by atoms with van der Waals surface area (Å²) in [6.45, 7) is 1.50. The fourth-order valence-corrected chi connectivity index (χ4v) is 3.55. The number of Topliss-reactive ketones (excluding diaryl/α,β-unsaturated/α-hetero) is 1. The molecule has 7 heteroatoms. The van der Waals surface area contributed by atoms with Gasteiger partial charge in [-0.1, -0.05) is 18.2 Å². The van der Waals surface area contributed by atoms with Crippen molar-refractivity contribution in [2.75, 3.05) is 20.8 Å². The summed E-state index contributed by atoms with van der Waals surface area (Å²) >= 11 is 0. The van der Waals surface area contributed by atoms with Gasteiger partial charge in [-0.2, -0.15) is 0 Å². The van der Waals surface area contributed by atoms with E-state index in [-0.39, 0.29) is 12.1 Å². The number of carbonyl (C=O) groups is 2. The second-order valence-electron chi connectivity index (χ2n) is 6.71. The number of hydrogen-bond donors (Lipinski definition) is 1. The number of aliphatic hydroxyl groups excluding tert-OH is 1. The van der Waals surface area contributed by atoms with Gasteiger partial charge in [-0.15, -0.1) is 0 Å². The Balaban J connectivity index is 1.91. The van der Waals surface area contributed by atoms with Crippen LogP contribution in [-0.4, -0.2) is 42.5 Å². The molecular formula is C22H22FNO5. The largest absolute Gasteiger partial charge is 0.503 e. The maximum Gasteiger partial charge on any atom is 0.290 e. The van der Waals surface area contributed by atoms with Crippen molar-refractivity contribution in [3.63, 3.8) is 0 Å². The average molecular weight is 399 g/mol. The zero-order valence-corrected chi connectivity index (χ0v) is 16.4. The van der Waals surface area contributed by atoms with Gasteiger partial charge in [-0.25, -0.2) is 4.39 Å². The lowest BCUT2D eigenvalue weighted by molar-refractivity contribution is -0.129. The predicted octanol–water partition coefficient (Wildman–Crippen LogP) is 3.37. The minimum atomic E-state index is -0.837. The highest BCUT2D eigenvalue weighted by Gasteiger charge is 2.42. The van der Waals surface area contributed by atoms with Gasteiger partial charge in [0, 0.05) is 6.54 Å². The monoisotopic (exact) mass is 399 g/mol. The lowest BCUT2D eigenvalue weighted by Crippen LogP contribution is -2.33. The fourth-order valence-electron chi connectivity index (χ4n) is 3.55. The molecule has 1 amide bonds. The quantitative estimate of drug-likeness (QED) is 0.773. The number of ketones is 1. The zero-order valence-electron chi connectivity index (χ0n) is 16.4. The molecule has 0 aromatic heterocycles. The molecule has 2 aromatic carbocycles. The van der Waals surface area contributed by atoms with Gasteiger partial charge in [0.05, 0.1) is 25.8 Å². The van der Waals surface area contributed by atoms with Gasteiger partial charge in [-0.3, -0.25) is 9.59 Å². The van der Waals surface area contributed by atoms with Crippen molar-refractivity contribution >= 4 is 11.7 Å². The Kier molecular flexibility index (Phi) is 5.87. The van der Waals surface area contributed by atoms with Gasteiger partial charge in [0.15, 0.2) is 23.0 Å². The zero-order chi connectivity index (χ0) is 21.1. The van der Waals surface area contributed by atoms with Crippen LogP contribution in [0.25, 0.3) is 0 Å². The molecule has 0 saturated heterocycles. The molecule has 152 valence electrons. The third-order valence-electron chi connectivity index (χ3n) is 4.94. The molecule has 2 aromatic rings. The van der Waals surface area contributed by atoms with E-state index in [0.29, 0.717) is 23.5 Å². The second-order valence-corrected chi connectivity index (χ2v) is 6.71. The summed E-state index contributed by atoms with van der Waals surface area (Å²) in [4.78, 5) is 26.2. The van der Waals surface area contributed by atoms with Crippen LogP contribution in [-0.2, 0) is 16.0 Å². The Hall–Kier alpha value is -3.35. The third kappa shape index (κ3) is 3.94. The Labute approximate surface area is 168 Å². The molecule has 1 aliphatic heterocycles. The van der Waals surface area contributed by atoms with Crippen LogP contribution in [0.3, 0.4) is 0 Å². The first-order chi connectivity index (χ1) is 13.9. The van der Waals surface area contributed by atoms with Gasteiger partial charge in [0.1, 0.15) is 5.82 Å². The second kappa shape index (κ2) is 8.34. The van der Waals surface area contributed by atoms with Gasteiger partial charge in [0.2, 0.25) is 0 Å². The minimum absolute atomic E-state index is 0.0205. The van der Waals surface area contributed by atoms with Crippen LogP contribution in [0.2, 0.25) is 0 Å². The van der Waals surface area contributed by atoms with Crippen LogP contribution in [0.4, 0.5) is 4.39 Å². The van der Waals surface area contributed by atoms with Crippen LogP contribution < -0.4 is 9.47 Å². The third-order valence-corrected chi connectivity index (χ3v) is 4.94. The molecule has 0 aliphatic carbocycles. The maximum absolute atomic E-state index is 13.8. The molecule has 1 heterocycles. The summed E-state index contributed by atoms with van der Waals surface area (Å²) < 4.78 is 24.3. The highest BCUT2D eigenvalue weighted by molar-refractivity contribution is 6.08. The van der Waals surface area contributed by atoms with Crippen molar-refractivity contribution in [3.8, 4) is 11.5 Å². The summed E-state index contributed by atoms with van der Waals surface area (Å²) in [7, 11) is 3.08. The lowest BCUT2D eigenvalue weighted by Gasteiger charge is -2.26. The van der Waals surface area contributed by atoms with Crippen LogP contribution >= 0.6 is 0 Å². The lowest BCUT2D eigenvalue weighted by atomic mass is 9.96. The first-order valence-electron chi connectivity index (χ1n) is 9.08. The molecule has 0 unspecified atom stereocenters. The van der Waals surface area contributed by atoms with E-state index in [4.69, 9.17) is 9.47 Å². The summed E-state index contributed by atoms with van der Waals surface area (Å²) in [6.07, 6.45) is 0.441. The van der Waals surface area contributed by atoms with Gasteiger partial charge in [0.25, 0.3) is 5.91 Å². The number of ether oxygens (including phenoxy) is 2. The van der Waals surface area contributed by atoms with Crippen LogP contribution in [0, 0.1) is 5.82 Å². The van der Waals surface area contributed by atoms with Crippen molar-refractivity contribution < 1.29 is 28.6 Å². The van der Waals surface area contributed by atoms with Crippen molar-refractivity contribution in [3.05, 3.63) is 70.7 Å². The smallest absolute Gasteiger partial charge is 0.290 e. The molecule has 0 radical (unpaired) electrons. The van der Waals surface area contributed by atoms with E-state index in [0.717, 1.165) is 5.56 Å². The van der Waals surface area contributed by atoms with Crippen LogP contribution in [0.5, 0.6) is 11.5 Å². The van der Waals surface area contributed by atoms with Gasteiger partial charge >= 0.3 is 0 Å². The van der Waals surface area contributed by atoms with Gasteiger partial charge < -0.3 is 19.5 Å². The van der Waals surface area contributed by atoms with E-state index in [2.05, 4.69) is 0 Å². The highest BCUT2D eigenvalue weighted by atomic mass is 19.1. The molecule has 3 rings (SSSR count). The Bertz CT molecular complexity index is 985. The Morgan fingerprint density at radius 2 is 1.86 bits per heavy atom. The molecule has 1 aliphatic rings. The normalized spacial score (nSPS) is 16.3. The fraction of sp³-hybridized carbons (Fsp3) is 0.273. The van der Waals surface area contributed by atoms with E-state index >= 15 is 0 Å². The van der Waals surface area contributed by atoms with Crippen molar-refractivity contribution in [1.82, 2.24) is 4.90 Å². The van der Waals surface area contributed by atoms with Crippen molar-refractivity contribution in [2.24, 2.45) is 0 Å². The molecule has 0 fully saturated rings. The highest BCUT2D eigenvalue weighted by Crippen LogP contribution is 2.38. The van der Waals surface area contributed by atoms with Crippen molar-refractivity contribution in [2.45, 2.75) is 19.4 Å². The number of halogens is 1. The molecular weight excluding hydrogens is 377 g/mol. The molecule has 1 atom stereocenters. The predicted molar refractivity (Wildman–Crippen MR) is 104 cm³/mol. The topological polar surface area (TPSA) is 76.1 Å². The standard InChI is InChI=1S/C22H22FNO5/c1-13(25)19-20(15-5-4-6-16(23)12-15)24(22(27)21(19)26)10-9-14-7-8-17(28-2)18(11-14)29-3/h4-8,11-12,20,26H,9-10H2,1-3H3/t20-/m1/s1. The number of amides is 1. The Morgan fingerprint density at radius 1 is 1.14 bits per heavy atom. The molecule has 0 bridgehead atoms. The molecule has 1 N–H and O–H groups in total. The number of methoxy groups -OCH3 is 2. The summed E-state index contributed by atoms with van der Waals surface area (Å²) in [5, 5.41) is 10.3. The first kappa shape index (κ1) is 20.4. The summed E-state index contributed by atoms with van der Waals surface area (Å²) in [5.74, 6) is -0.999. The number of aliphatic hydroxyl groups is 1. The Morgan fingerprint density at radius 3 is 2.48 bits per heavy atom. The number of hydrogen-bond acceptors (Lipinski definition) is 5. The van der Waals surface area contributed by atoms with Gasteiger partial charge in [-0.05, 0) is 48.7 Å². The van der Waals surface area contributed by atoms with E-state index in [1.54, 1.807) is 25.3 Å². The molecule has 6 nitrogen and oxygen atoms in total. The summed E-state index contributed by atoms with van der Waals surface area (Å²) in [6, 6.07) is 10.3. The van der Waals surface area contributed by atoms with E-state index in [1.807, 2.05) is 6.07 Å². The number of benzene rings is 2. The minimum Gasteiger partial charge on any atom is -0.503 e. The summed E-state index contributed by atoms with van der Waals surface area (Å²) in [5.41, 5.74) is 1.29. The number of carbonyl (C=O) groups excluding carboxylic acids is 2. The van der Waals surface area contributed by atoms with Crippen LogP contribution in [0.1, 0.15) is 24.1 Å². The average Bonchev–Trinajstić information content (AvgIpc) is 2.96. The number of rotatable bonds is 7.